The van der Waals surface area contributed by atoms with Crippen LogP contribution in [0.2, 0.25) is 0 Å². The third kappa shape index (κ3) is 9.32. The Morgan fingerprint density at radius 2 is 1.48 bits per heavy atom. The molecule has 50 heavy (non-hydrogen) atoms. The minimum atomic E-state index is -0.552. The molecular formula is C41H42N2O6S. The van der Waals surface area contributed by atoms with Gasteiger partial charge in [0.15, 0.2) is 6.29 Å². The van der Waals surface area contributed by atoms with Crippen molar-refractivity contribution in [2.24, 2.45) is 5.92 Å². The zero-order valence-corrected chi connectivity index (χ0v) is 28.7. The quantitative estimate of drug-likeness (QED) is 0.0918. The van der Waals surface area contributed by atoms with E-state index >= 15 is 0 Å². The molecule has 0 radical (unpaired) electrons. The summed E-state index contributed by atoms with van der Waals surface area (Å²) in [4.78, 5) is 12.7. The summed E-state index contributed by atoms with van der Waals surface area (Å²) in [6, 6.07) is 40.7. The standard InChI is InChI=1S/C41H42N2O6S/c1-28-38(27-50-23-22-44)48-40(49-39(28)32-12-10-29(26-45)11-13-32)33-16-14-31(15-17-33)34-7-5-6-30(24-34)25-42-41(46)43-35-18-20-37(21-19-35)47-36-8-3-2-4-9-36/h2-21,24,28,38-40,44-45H,22-23,25-27H2,1H3,(H2,42,43,46)/t28-,38+,39+,40+/m0/s1. The highest BCUT2D eigenvalue weighted by Gasteiger charge is 2.38. The van der Waals surface area contributed by atoms with E-state index in [1.165, 1.54) is 0 Å². The van der Waals surface area contributed by atoms with E-state index in [1.807, 2.05) is 97.1 Å². The predicted octanol–water partition coefficient (Wildman–Crippen LogP) is 8.48. The summed E-state index contributed by atoms with van der Waals surface area (Å²) in [6.45, 7) is 2.63. The number of urea groups is 1. The Balaban J connectivity index is 1.07. The number of carbonyl (C=O) groups excluding carboxylic acids is 1. The van der Waals surface area contributed by atoms with Gasteiger partial charge in [0.05, 0.1) is 25.4 Å². The number of nitrogens with one attached hydrogen (secondary N) is 2. The highest BCUT2D eigenvalue weighted by Crippen LogP contribution is 2.42. The fourth-order valence-corrected chi connectivity index (χ4v) is 6.77. The van der Waals surface area contributed by atoms with Gasteiger partial charge in [-0.1, -0.05) is 91.9 Å². The molecular weight excluding hydrogens is 649 g/mol. The van der Waals surface area contributed by atoms with E-state index in [2.05, 4.69) is 35.8 Å². The first-order valence-corrected chi connectivity index (χ1v) is 17.9. The van der Waals surface area contributed by atoms with Crippen LogP contribution < -0.4 is 15.4 Å². The first-order valence-electron chi connectivity index (χ1n) is 16.8. The molecule has 0 aliphatic carbocycles. The summed E-state index contributed by atoms with van der Waals surface area (Å²) in [6.07, 6.45) is -0.804. The average Bonchev–Trinajstić information content (AvgIpc) is 3.16. The van der Waals surface area contributed by atoms with Crippen LogP contribution in [0, 0.1) is 5.92 Å². The van der Waals surface area contributed by atoms with Gasteiger partial charge in [0.25, 0.3) is 0 Å². The van der Waals surface area contributed by atoms with Crippen molar-refractivity contribution >= 4 is 23.5 Å². The third-order valence-electron chi connectivity index (χ3n) is 8.63. The van der Waals surface area contributed by atoms with Crippen LogP contribution in [0.4, 0.5) is 10.5 Å². The number of aliphatic hydroxyl groups excluding tert-OH is 2. The number of carbonyl (C=O) groups is 1. The minimum Gasteiger partial charge on any atom is -0.457 e. The van der Waals surface area contributed by atoms with Crippen molar-refractivity contribution in [2.75, 3.05) is 23.4 Å². The zero-order valence-electron chi connectivity index (χ0n) is 27.9. The lowest BCUT2D eigenvalue weighted by molar-refractivity contribution is -0.268. The molecule has 2 amide bonds. The van der Waals surface area contributed by atoms with Crippen LogP contribution in [-0.2, 0) is 22.6 Å². The van der Waals surface area contributed by atoms with Crippen LogP contribution in [0.1, 0.15) is 41.6 Å². The second-order valence-corrected chi connectivity index (χ2v) is 13.3. The predicted molar refractivity (Wildman–Crippen MR) is 198 cm³/mol. The van der Waals surface area contributed by atoms with Gasteiger partial charge >= 0.3 is 6.03 Å². The van der Waals surface area contributed by atoms with E-state index < -0.39 is 6.29 Å². The molecule has 0 saturated carbocycles. The first-order chi connectivity index (χ1) is 24.5. The molecule has 9 heteroatoms. The summed E-state index contributed by atoms with van der Waals surface area (Å²) in [5.41, 5.74) is 6.52. The van der Waals surface area contributed by atoms with E-state index in [9.17, 15) is 15.0 Å². The fraction of sp³-hybridized carbons (Fsp3) is 0.244. The number of hydrogen-bond acceptors (Lipinski definition) is 7. The minimum absolute atomic E-state index is 0.00374. The Bertz CT molecular complexity index is 1800. The molecule has 0 bridgehead atoms. The van der Waals surface area contributed by atoms with Crippen molar-refractivity contribution in [1.82, 2.24) is 5.32 Å². The lowest BCUT2D eigenvalue weighted by Gasteiger charge is -2.41. The molecule has 6 rings (SSSR count). The van der Waals surface area contributed by atoms with E-state index in [4.69, 9.17) is 14.2 Å². The Labute approximate surface area is 297 Å². The van der Waals surface area contributed by atoms with Crippen LogP contribution >= 0.6 is 11.8 Å². The number of ether oxygens (including phenoxy) is 3. The van der Waals surface area contributed by atoms with E-state index in [-0.39, 0.29) is 37.4 Å². The van der Waals surface area contributed by atoms with Gasteiger partial charge < -0.3 is 35.1 Å². The van der Waals surface area contributed by atoms with Gasteiger partial charge in [-0.2, -0.15) is 11.8 Å². The van der Waals surface area contributed by atoms with Crippen molar-refractivity contribution < 1.29 is 29.2 Å². The fourth-order valence-electron chi connectivity index (χ4n) is 5.86. The van der Waals surface area contributed by atoms with Gasteiger partial charge in [0.1, 0.15) is 11.5 Å². The van der Waals surface area contributed by atoms with Crippen LogP contribution in [0.3, 0.4) is 0 Å². The first kappa shape index (κ1) is 35.2. The van der Waals surface area contributed by atoms with Gasteiger partial charge in [-0.3, -0.25) is 0 Å². The normalized spacial score (nSPS) is 18.7. The lowest BCUT2D eigenvalue weighted by Crippen LogP contribution is -2.38. The summed E-state index contributed by atoms with van der Waals surface area (Å²) in [5, 5.41) is 24.6. The number of para-hydroxylation sites is 1. The lowest BCUT2D eigenvalue weighted by atomic mass is 9.91. The molecule has 1 aliphatic rings. The van der Waals surface area contributed by atoms with Gasteiger partial charge in [-0.15, -0.1) is 0 Å². The second-order valence-electron chi connectivity index (χ2n) is 12.2. The number of rotatable bonds is 13. The van der Waals surface area contributed by atoms with Crippen molar-refractivity contribution in [3.8, 4) is 22.6 Å². The molecule has 0 aromatic heterocycles. The molecule has 4 atom stereocenters. The van der Waals surface area contributed by atoms with Crippen LogP contribution in [0.15, 0.2) is 127 Å². The number of hydrogen-bond donors (Lipinski definition) is 4. The molecule has 1 aliphatic heterocycles. The maximum Gasteiger partial charge on any atom is 0.319 e. The summed E-state index contributed by atoms with van der Waals surface area (Å²) < 4.78 is 18.9. The molecule has 8 nitrogen and oxygen atoms in total. The molecule has 1 fully saturated rings. The van der Waals surface area contributed by atoms with Gasteiger partial charge in [0, 0.05) is 35.2 Å². The number of aliphatic hydroxyl groups is 2. The monoisotopic (exact) mass is 690 g/mol. The topological polar surface area (TPSA) is 109 Å². The summed E-state index contributed by atoms with van der Waals surface area (Å²) in [7, 11) is 0. The number of thioether (sulfide) groups is 1. The molecule has 258 valence electrons. The number of amides is 2. The smallest absolute Gasteiger partial charge is 0.319 e. The van der Waals surface area contributed by atoms with E-state index in [0.29, 0.717) is 23.7 Å². The van der Waals surface area contributed by atoms with Crippen molar-refractivity contribution in [1.29, 1.82) is 0 Å². The van der Waals surface area contributed by atoms with Crippen LogP contribution in [-0.4, -0.2) is 40.5 Å². The van der Waals surface area contributed by atoms with E-state index in [1.54, 1.807) is 23.9 Å². The molecule has 5 aromatic carbocycles. The van der Waals surface area contributed by atoms with Crippen LogP contribution in [0.5, 0.6) is 11.5 Å². The maximum atomic E-state index is 12.7. The zero-order chi connectivity index (χ0) is 34.7. The van der Waals surface area contributed by atoms with Crippen molar-refractivity contribution in [3.63, 3.8) is 0 Å². The summed E-state index contributed by atoms with van der Waals surface area (Å²) in [5.74, 6) is 2.93. The average molecular weight is 691 g/mol. The molecule has 0 unspecified atom stereocenters. The Hall–Kier alpha value is -4.64. The third-order valence-corrected chi connectivity index (χ3v) is 9.66. The largest absolute Gasteiger partial charge is 0.457 e. The Morgan fingerprint density at radius 3 is 2.20 bits per heavy atom. The number of benzene rings is 5. The molecule has 4 N–H and O–H groups in total. The van der Waals surface area contributed by atoms with E-state index in [0.717, 1.165) is 44.9 Å². The molecule has 0 spiro atoms. The van der Waals surface area contributed by atoms with Crippen molar-refractivity contribution in [3.05, 3.63) is 150 Å². The summed E-state index contributed by atoms with van der Waals surface area (Å²) >= 11 is 1.67. The highest BCUT2D eigenvalue weighted by molar-refractivity contribution is 7.99. The molecule has 1 saturated heterocycles. The van der Waals surface area contributed by atoms with Crippen LogP contribution in [0.25, 0.3) is 11.1 Å². The number of anilines is 1. The molecule has 1 heterocycles. The van der Waals surface area contributed by atoms with Gasteiger partial charge in [0.2, 0.25) is 0 Å². The van der Waals surface area contributed by atoms with Gasteiger partial charge in [-0.25, -0.2) is 4.79 Å². The SMILES string of the molecule is C[C@H]1[C@@H](CSCCO)O[C@@H](c2ccc(-c3cccc(CNC(=O)Nc4ccc(Oc5ccccc5)cc4)c3)cc2)O[C@H]1c1ccc(CO)cc1. The van der Waals surface area contributed by atoms with Crippen molar-refractivity contribution in [2.45, 2.75) is 38.6 Å². The maximum absolute atomic E-state index is 12.7. The second kappa shape index (κ2) is 17.3. The highest BCUT2D eigenvalue weighted by atomic mass is 32.2. The molecule has 5 aromatic rings. The Morgan fingerprint density at radius 1 is 0.760 bits per heavy atom. The van der Waals surface area contributed by atoms with Gasteiger partial charge in [-0.05, 0) is 70.3 Å². The Kier molecular flexibility index (Phi) is 12.2.